The van der Waals surface area contributed by atoms with Crippen molar-refractivity contribution in [2.45, 2.75) is 32.2 Å². The van der Waals surface area contributed by atoms with Crippen LogP contribution in [-0.2, 0) is 11.2 Å². The lowest BCUT2D eigenvalue weighted by Crippen LogP contribution is -2.23. The number of ether oxygens (including phenoxy) is 1. The van der Waals surface area contributed by atoms with Crippen LogP contribution in [0.5, 0.6) is 0 Å². The van der Waals surface area contributed by atoms with E-state index < -0.39 is 0 Å². The van der Waals surface area contributed by atoms with Gasteiger partial charge in [-0.3, -0.25) is 0 Å². The smallest absolute Gasteiger partial charge is 0.0462 e. The molecule has 0 aliphatic rings. The van der Waals surface area contributed by atoms with Gasteiger partial charge in [0.05, 0.1) is 0 Å². The van der Waals surface area contributed by atoms with E-state index in [1.807, 2.05) is 13.0 Å². The molecule has 0 saturated carbocycles. The minimum atomic E-state index is 0.162. The van der Waals surface area contributed by atoms with Crippen LogP contribution in [0.2, 0.25) is 5.02 Å². The molecule has 0 heterocycles. The SMILES string of the molecule is COCCCC(N)Cc1ccc(C)cc1Cl. The van der Waals surface area contributed by atoms with Crippen molar-refractivity contribution in [3.05, 3.63) is 34.3 Å². The minimum Gasteiger partial charge on any atom is -0.385 e. The van der Waals surface area contributed by atoms with E-state index in [1.54, 1.807) is 7.11 Å². The third-order valence-electron chi connectivity index (χ3n) is 2.61. The fourth-order valence-corrected chi connectivity index (χ4v) is 2.00. The molecule has 0 aliphatic heterocycles. The molecule has 1 atom stereocenters. The van der Waals surface area contributed by atoms with Crippen molar-refractivity contribution in [1.82, 2.24) is 0 Å². The molecule has 3 heteroatoms. The molecule has 0 aliphatic carbocycles. The van der Waals surface area contributed by atoms with E-state index in [0.717, 1.165) is 36.5 Å². The molecule has 0 radical (unpaired) electrons. The van der Waals surface area contributed by atoms with E-state index >= 15 is 0 Å². The largest absolute Gasteiger partial charge is 0.385 e. The van der Waals surface area contributed by atoms with Gasteiger partial charge < -0.3 is 10.5 Å². The number of nitrogens with two attached hydrogens (primary N) is 1. The number of aryl methyl sites for hydroxylation is 1. The zero-order valence-electron chi connectivity index (χ0n) is 10.0. The van der Waals surface area contributed by atoms with Crippen LogP contribution in [0, 0.1) is 6.92 Å². The van der Waals surface area contributed by atoms with Crippen molar-refractivity contribution in [3.63, 3.8) is 0 Å². The molecule has 1 aromatic rings. The van der Waals surface area contributed by atoms with E-state index in [1.165, 1.54) is 5.56 Å². The lowest BCUT2D eigenvalue weighted by atomic mass is 10.0. The zero-order chi connectivity index (χ0) is 12.0. The first-order valence-corrected chi connectivity index (χ1v) is 6.01. The van der Waals surface area contributed by atoms with Crippen molar-refractivity contribution in [2.75, 3.05) is 13.7 Å². The molecular weight excluding hydrogens is 222 g/mol. The Labute approximate surface area is 103 Å². The number of halogens is 1. The summed E-state index contributed by atoms with van der Waals surface area (Å²) in [6.07, 6.45) is 2.81. The first-order chi connectivity index (χ1) is 7.63. The highest BCUT2D eigenvalue weighted by Gasteiger charge is 2.07. The summed E-state index contributed by atoms with van der Waals surface area (Å²) < 4.78 is 5.00. The Balaban J connectivity index is 2.46. The summed E-state index contributed by atoms with van der Waals surface area (Å²) in [6.45, 7) is 2.81. The van der Waals surface area contributed by atoms with Crippen molar-refractivity contribution in [2.24, 2.45) is 5.73 Å². The molecule has 1 unspecified atom stereocenters. The Kier molecular flexibility index (Phi) is 5.81. The second-order valence-electron chi connectivity index (χ2n) is 4.19. The number of hydrogen-bond donors (Lipinski definition) is 1. The number of methoxy groups -OCH3 is 1. The normalized spacial score (nSPS) is 12.8. The summed E-state index contributed by atoms with van der Waals surface area (Å²) in [5, 5.41) is 0.821. The van der Waals surface area contributed by atoms with Gasteiger partial charge in [0.2, 0.25) is 0 Å². The van der Waals surface area contributed by atoms with Crippen LogP contribution >= 0.6 is 11.6 Å². The van der Waals surface area contributed by atoms with Gasteiger partial charge in [-0.15, -0.1) is 0 Å². The van der Waals surface area contributed by atoms with Gasteiger partial charge >= 0.3 is 0 Å². The lowest BCUT2D eigenvalue weighted by Gasteiger charge is -2.12. The quantitative estimate of drug-likeness (QED) is 0.778. The topological polar surface area (TPSA) is 35.2 Å². The number of benzene rings is 1. The Hall–Kier alpha value is -0.570. The summed E-state index contributed by atoms with van der Waals surface area (Å²) >= 11 is 6.15. The van der Waals surface area contributed by atoms with Gasteiger partial charge in [0, 0.05) is 24.8 Å². The van der Waals surface area contributed by atoms with Crippen molar-refractivity contribution in [3.8, 4) is 0 Å². The predicted octanol–water partition coefficient (Wildman–Crippen LogP) is 2.94. The van der Waals surface area contributed by atoms with E-state index in [2.05, 4.69) is 12.1 Å². The van der Waals surface area contributed by atoms with Crippen LogP contribution in [0.25, 0.3) is 0 Å². The third-order valence-corrected chi connectivity index (χ3v) is 2.97. The zero-order valence-corrected chi connectivity index (χ0v) is 10.8. The van der Waals surface area contributed by atoms with Gasteiger partial charge in [-0.1, -0.05) is 23.7 Å². The Morgan fingerprint density at radius 2 is 2.19 bits per heavy atom. The molecule has 0 bridgehead atoms. The average Bonchev–Trinajstić information content (AvgIpc) is 2.23. The first-order valence-electron chi connectivity index (χ1n) is 5.63. The molecule has 1 aromatic carbocycles. The van der Waals surface area contributed by atoms with Crippen molar-refractivity contribution < 1.29 is 4.74 Å². The molecular formula is C13H20ClNO. The Morgan fingerprint density at radius 1 is 1.44 bits per heavy atom. The molecule has 90 valence electrons. The molecule has 0 amide bonds. The third kappa shape index (κ3) is 4.52. The summed E-state index contributed by atoms with van der Waals surface area (Å²) in [5.74, 6) is 0. The second-order valence-corrected chi connectivity index (χ2v) is 4.60. The average molecular weight is 242 g/mol. The maximum absolute atomic E-state index is 6.15. The van der Waals surface area contributed by atoms with E-state index in [9.17, 15) is 0 Å². The van der Waals surface area contributed by atoms with E-state index in [4.69, 9.17) is 22.1 Å². The lowest BCUT2D eigenvalue weighted by molar-refractivity contribution is 0.190. The maximum Gasteiger partial charge on any atom is 0.0462 e. The fourth-order valence-electron chi connectivity index (χ4n) is 1.69. The standard InChI is InChI=1S/C13H20ClNO/c1-10-5-6-11(13(14)8-10)9-12(15)4-3-7-16-2/h5-6,8,12H,3-4,7,9,15H2,1-2H3. The van der Waals surface area contributed by atoms with Crippen LogP contribution in [0.3, 0.4) is 0 Å². The summed E-state index contributed by atoms with van der Waals surface area (Å²) in [4.78, 5) is 0. The molecule has 2 nitrogen and oxygen atoms in total. The number of hydrogen-bond acceptors (Lipinski definition) is 2. The van der Waals surface area contributed by atoms with Gasteiger partial charge in [-0.05, 0) is 43.4 Å². The van der Waals surface area contributed by atoms with Crippen LogP contribution in [0.15, 0.2) is 18.2 Å². The molecule has 1 rings (SSSR count). The van der Waals surface area contributed by atoms with Gasteiger partial charge in [0.25, 0.3) is 0 Å². The Morgan fingerprint density at radius 3 is 2.81 bits per heavy atom. The van der Waals surface area contributed by atoms with Crippen LogP contribution in [-0.4, -0.2) is 19.8 Å². The van der Waals surface area contributed by atoms with Gasteiger partial charge in [0.15, 0.2) is 0 Å². The maximum atomic E-state index is 6.15. The molecule has 0 spiro atoms. The Bertz CT molecular complexity index is 328. The van der Waals surface area contributed by atoms with Gasteiger partial charge in [-0.25, -0.2) is 0 Å². The number of rotatable bonds is 6. The van der Waals surface area contributed by atoms with Crippen LogP contribution in [0.4, 0.5) is 0 Å². The molecule has 0 aromatic heterocycles. The van der Waals surface area contributed by atoms with Crippen molar-refractivity contribution >= 4 is 11.6 Å². The van der Waals surface area contributed by atoms with Gasteiger partial charge in [-0.2, -0.15) is 0 Å². The first kappa shape index (κ1) is 13.5. The van der Waals surface area contributed by atoms with E-state index in [-0.39, 0.29) is 6.04 Å². The monoisotopic (exact) mass is 241 g/mol. The summed E-state index contributed by atoms with van der Waals surface area (Å²) in [5.41, 5.74) is 8.36. The van der Waals surface area contributed by atoms with E-state index in [0.29, 0.717) is 0 Å². The highest BCUT2D eigenvalue weighted by molar-refractivity contribution is 6.31. The predicted molar refractivity (Wildman–Crippen MR) is 69.0 cm³/mol. The highest BCUT2D eigenvalue weighted by atomic mass is 35.5. The molecule has 2 N–H and O–H groups in total. The molecule has 0 saturated heterocycles. The van der Waals surface area contributed by atoms with Crippen molar-refractivity contribution in [1.29, 1.82) is 0 Å². The van der Waals surface area contributed by atoms with Crippen LogP contribution in [0.1, 0.15) is 24.0 Å². The summed E-state index contributed by atoms with van der Waals surface area (Å²) in [6, 6.07) is 6.28. The second kappa shape index (κ2) is 6.89. The molecule has 16 heavy (non-hydrogen) atoms. The minimum absolute atomic E-state index is 0.162. The summed E-state index contributed by atoms with van der Waals surface area (Å²) in [7, 11) is 1.71. The highest BCUT2D eigenvalue weighted by Crippen LogP contribution is 2.19. The van der Waals surface area contributed by atoms with Crippen LogP contribution < -0.4 is 5.73 Å². The fraction of sp³-hybridized carbons (Fsp3) is 0.538. The molecule has 0 fully saturated rings. The van der Waals surface area contributed by atoms with Gasteiger partial charge in [0.1, 0.15) is 0 Å².